The molecular formula is C33H37F9N4O10. The number of carbonyl (C=O) groups is 6. The number of carboxylic acid groups (broad SMARTS) is 3. The number of ether oxygens (including phenoxy) is 1. The summed E-state index contributed by atoms with van der Waals surface area (Å²) in [6.45, 7) is 3.51. The van der Waals surface area contributed by atoms with Crippen molar-refractivity contribution in [2.24, 2.45) is 5.73 Å². The summed E-state index contributed by atoms with van der Waals surface area (Å²) in [6.07, 6.45) is -10.8. The van der Waals surface area contributed by atoms with Gasteiger partial charge < -0.3 is 36.0 Å². The number of nitrogens with one attached hydrogen (secondary N) is 2. The van der Waals surface area contributed by atoms with Gasteiger partial charge in [-0.15, -0.1) is 0 Å². The van der Waals surface area contributed by atoms with Gasteiger partial charge in [0, 0.05) is 49.7 Å². The Bertz CT molecular complexity index is 1660. The Balaban J connectivity index is 0.000000949. The lowest BCUT2D eigenvalue weighted by Crippen LogP contribution is -2.54. The molecule has 1 heterocycles. The van der Waals surface area contributed by atoms with Crippen LogP contribution in [-0.4, -0.2) is 118 Å². The van der Waals surface area contributed by atoms with E-state index in [0.717, 1.165) is 4.90 Å². The van der Waals surface area contributed by atoms with Gasteiger partial charge in [0.05, 0.1) is 18.7 Å². The lowest BCUT2D eigenvalue weighted by Gasteiger charge is -2.28. The summed E-state index contributed by atoms with van der Waals surface area (Å²) in [7, 11) is 0. The molecule has 1 saturated heterocycles. The van der Waals surface area contributed by atoms with Gasteiger partial charge in [0.2, 0.25) is 11.8 Å². The maximum Gasteiger partial charge on any atom is 0.490 e. The Hall–Kier alpha value is -5.29. The zero-order valence-corrected chi connectivity index (χ0v) is 29.3. The van der Waals surface area contributed by atoms with Crippen molar-refractivity contribution in [3.05, 3.63) is 71.0 Å². The smallest absolute Gasteiger partial charge is 0.480 e. The number of aliphatic carboxylic acids is 3. The fourth-order valence-electron chi connectivity index (χ4n) is 4.88. The first-order valence-electron chi connectivity index (χ1n) is 16.0. The molecule has 2 aromatic rings. The number of hydrogen-bond acceptors (Lipinski definition) is 9. The van der Waals surface area contributed by atoms with Crippen LogP contribution in [0.25, 0.3) is 0 Å². The van der Waals surface area contributed by atoms with Crippen molar-refractivity contribution in [1.29, 1.82) is 0 Å². The van der Waals surface area contributed by atoms with Crippen LogP contribution in [0.5, 0.6) is 0 Å². The number of carboxylic acids is 3. The van der Waals surface area contributed by atoms with Gasteiger partial charge in [-0.05, 0) is 31.9 Å². The van der Waals surface area contributed by atoms with Crippen LogP contribution in [0.4, 0.5) is 39.5 Å². The number of amides is 2. The normalized spacial score (nSPS) is 16.9. The van der Waals surface area contributed by atoms with Gasteiger partial charge in [-0.25, -0.2) is 27.6 Å². The van der Waals surface area contributed by atoms with E-state index in [9.17, 15) is 63.8 Å². The highest BCUT2D eigenvalue weighted by Crippen LogP contribution is 2.21. The molecule has 0 saturated carbocycles. The number of hydrogen-bond donors (Lipinski definition) is 6. The molecule has 1 aliphatic rings. The van der Waals surface area contributed by atoms with Gasteiger partial charge in [-0.3, -0.25) is 19.7 Å². The molecule has 5 atom stereocenters. The van der Waals surface area contributed by atoms with Crippen LogP contribution in [0.1, 0.15) is 42.6 Å². The SMILES string of the molecule is CCOCC(N[C@@H](C)C(=O)N1C[C@@H](NC(=O)C[C@H](N)Cc2cc(F)c(F)cc2F)C[C@H]1C(=O)O)C(=O)c1ccccc1.O=C(O)C(F)(F)F.O=C(O)C(F)(F)F. The number of nitrogens with two attached hydrogens (primary N) is 1. The molecule has 14 nitrogen and oxygen atoms in total. The van der Waals surface area contributed by atoms with E-state index in [1.54, 1.807) is 37.3 Å². The third-order valence-corrected chi connectivity index (χ3v) is 7.42. The van der Waals surface area contributed by atoms with E-state index >= 15 is 0 Å². The summed E-state index contributed by atoms with van der Waals surface area (Å²) in [5, 5.41) is 29.6. The summed E-state index contributed by atoms with van der Waals surface area (Å²) < 4.78 is 109. The van der Waals surface area contributed by atoms with E-state index in [2.05, 4.69) is 10.6 Å². The highest BCUT2D eigenvalue weighted by atomic mass is 19.4. The zero-order chi connectivity index (χ0) is 43.1. The third kappa shape index (κ3) is 16.2. The largest absolute Gasteiger partial charge is 0.490 e. The number of nitrogens with zero attached hydrogens (tertiary/aromatic N) is 1. The van der Waals surface area contributed by atoms with Gasteiger partial charge in [0.1, 0.15) is 11.9 Å². The first kappa shape index (κ1) is 48.7. The van der Waals surface area contributed by atoms with Crippen LogP contribution < -0.4 is 16.4 Å². The maximum atomic E-state index is 13.9. The number of Topliss-reactive ketones (excluding diaryl/α,β-unsaturated/α-hetero) is 1. The second-order valence-corrected chi connectivity index (χ2v) is 11.8. The Labute approximate surface area is 311 Å². The number of rotatable bonds is 14. The van der Waals surface area contributed by atoms with Gasteiger partial charge in [-0.2, -0.15) is 26.3 Å². The van der Waals surface area contributed by atoms with Gasteiger partial charge in [0.25, 0.3) is 0 Å². The molecule has 0 bridgehead atoms. The van der Waals surface area contributed by atoms with Crippen LogP contribution in [0.2, 0.25) is 0 Å². The van der Waals surface area contributed by atoms with Crippen molar-refractivity contribution in [1.82, 2.24) is 15.5 Å². The first-order chi connectivity index (χ1) is 25.8. The van der Waals surface area contributed by atoms with E-state index in [4.69, 9.17) is 30.3 Å². The van der Waals surface area contributed by atoms with E-state index < -0.39 is 89.7 Å². The highest BCUT2D eigenvalue weighted by molar-refractivity contribution is 6.00. The average molecular weight is 821 g/mol. The van der Waals surface area contributed by atoms with Crippen LogP contribution in [0.3, 0.4) is 0 Å². The van der Waals surface area contributed by atoms with E-state index in [-0.39, 0.29) is 43.8 Å². The quantitative estimate of drug-likeness (QED) is 0.0919. The molecule has 0 aromatic heterocycles. The minimum Gasteiger partial charge on any atom is -0.480 e. The molecule has 1 aliphatic heterocycles. The molecule has 3 rings (SSSR count). The Morgan fingerprint density at radius 1 is 0.893 bits per heavy atom. The van der Waals surface area contributed by atoms with Crippen LogP contribution in [0.15, 0.2) is 42.5 Å². The molecule has 0 aliphatic carbocycles. The average Bonchev–Trinajstić information content (AvgIpc) is 3.52. The summed E-state index contributed by atoms with van der Waals surface area (Å²) in [5.41, 5.74) is 6.16. The minimum absolute atomic E-state index is 0.00237. The summed E-state index contributed by atoms with van der Waals surface area (Å²) >= 11 is 0. The number of halogens is 9. The monoisotopic (exact) mass is 820 g/mol. The van der Waals surface area contributed by atoms with E-state index in [1.165, 1.54) is 6.92 Å². The molecule has 0 radical (unpaired) electrons. The fraction of sp³-hybridized carbons (Fsp3) is 0.455. The lowest BCUT2D eigenvalue weighted by atomic mass is 10.0. The van der Waals surface area contributed by atoms with Crippen LogP contribution in [0, 0.1) is 17.5 Å². The van der Waals surface area contributed by atoms with Gasteiger partial charge in [-0.1, -0.05) is 30.3 Å². The molecule has 1 unspecified atom stereocenters. The predicted octanol–water partition coefficient (Wildman–Crippen LogP) is 3.07. The van der Waals surface area contributed by atoms with Crippen LogP contribution >= 0.6 is 0 Å². The summed E-state index contributed by atoms with van der Waals surface area (Å²) in [6, 6.07) is 4.85. The Morgan fingerprint density at radius 2 is 1.41 bits per heavy atom. The van der Waals surface area contributed by atoms with Crippen molar-refractivity contribution < 1.29 is 88.3 Å². The predicted molar refractivity (Wildman–Crippen MR) is 173 cm³/mol. The maximum absolute atomic E-state index is 13.9. The van der Waals surface area contributed by atoms with Crippen molar-refractivity contribution in [3.63, 3.8) is 0 Å². The number of alkyl halides is 6. The second kappa shape index (κ2) is 21.7. The van der Waals surface area contributed by atoms with E-state index in [0.29, 0.717) is 24.3 Å². The highest BCUT2D eigenvalue weighted by Gasteiger charge is 2.42. The summed E-state index contributed by atoms with van der Waals surface area (Å²) in [5.74, 6) is -11.8. The third-order valence-electron chi connectivity index (χ3n) is 7.42. The van der Waals surface area contributed by atoms with Gasteiger partial charge in [0.15, 0.2) is 17.4 Å². The molecule has 2 amide bonds. The Morgan fingerprint density at radius 3 is 1.89 bits per heavy atom. The molecule has 7 N–H and O–H groups in total. The fourth-order valence-corrected chi connectivity index (χ4v) is 4.88. The van der Waals surface area contributed by atoms with Gasteiger partial charge >= 0.3 is 30.3 Å². The molecule has 2 aromatic carbocycles. The number of carbonyl (C=O) groups excluding carboxylic acids is 3. The standard InChI is InChI=1S/C29H35F3N4O6.2C2HF3O2/c1-3-42-15-24(27(38)17-7-5-4-6-8-17)34-16(2)28(39)36-14-20(12-25(36)29(40)41)35-26(37)11-19(33)9-18-10-22(31)23(32)13-21(18)30;2*3-2(4,5)1(6)7/h4-8,10,13,16,19-20,24-25,34H,3,9,11-12,14-15,33H2,1-2H3,(H,35,37)(H,40,41);2*(H,6,7)/t16-,19+,20-,24?,25-;;/m0../s1. The molecular weight excluding hydrogens is 783 g/mol. The molecule has 56 heavy (non-hydrogen) atoms. The lowest BCUT2D eigenvalue weighted by molar-refractivity contribution is -0.193. The van der Waals surface area contributed by atoms with Crippen molar-refractivity contribution in [3.8, 4) is 0 Å². The molecule has 312 valence electrons. The van der Waals surface area contributed by atoms with Crippen molar-refractivity contribution in [2.45, 2.75) is 75.7 Å². The second-order valence-electron chi connectivity index (χ2n) is 11.8. The number of benzene rings is 2. The summed E-state index contributed by atoms with van der Waals surface area (Å²) in [4.78, 5) is 69.9. The minimum atomic E-state index is -5.08. The molecule has 23 heteroatoms. The topological polar surface area (TPSA) is 226 Å². The zero-order valence-electron chi connectivity index (χ0n) is 29.3. The van der Waals surface area contributed by atoms with Crippen molar-refractivity contribution >= 4 is 35.5 Å². The number of ketones is 1. The van der Waals surface area contributed by atoms with E-state index in [1.807, 2.05) is 0 Å². The molecule has 1 fully saturated rings. The van der Waals surface area contributed by atoms with Crippen molar-refractivity contribution in [2.75, 3.05) is 19.8 Å². The first-order valence-corrected chi connectivity index (χ1v) is 16.0. The molecule has 0 spiro atoms. The number of likely N-dealkylation sites (tertiary alicyclic amines) is 1. The Kier molecular flexibility index (Phi) is 18.9. The van der Waals surface area contributed by atoms with Crippen LogP contribution in [-0.2, 0) is 35.1 Å².